The molecule has 1 unspecified atom stereocenters. The highest BCUT2D eigenvalue weighted by atomic mass is 16.5. The van der Waals surface area contributed by atoms with Crippen LogP contribution in [0.5, 0.6) is 0 Å². The number of rotatable bonds is 2. The van der Waals surface area contributed by atoms with E-state index in [1.165, 1.54) is 0 Å². The number of benzene rings is 1. The van der Waals surface area contributed by atoms with E-state index in [9.17, 15) is 0 Å². The minimum Gasteiger partial charge on any atom is -0.369 e. The molecule has 2 aromatic heterocycles. The van der Waals surface area contributed by atoms with Crippen molar-refractivity contribution in [3.63, 3.8) is 0 Å². The number of nitrogens with zero attached hydrogens (tertiary/aromatic N) is 3. The van der Waals surface area contributed by atoms with E-state index >= 15 is 0 Å². The molecule has 5 nitrogen and oxygen atoms in total. The van der Waals surface area contributed by atoms with E-state index < -0.39 is 0 Å². The normalized spacial score (nSPS) is 19.0. The number of fused-ring (bicyclic) bond motifs is 1. The molecule has 0 amide bonds. The molecule has 5 heteroatoms. The molecule has 0 saturated carbocycles. The lowest BCUT2D eigenvalue weighted by atomic mass is 10.2. The van der Waals surface area contributed by atoms with Gasteiger partial charge in [0.25, 0.3) is 0 Å². The zero-order valence-electron chi connectivity index (χ0n) is 11.6. The van der Waals surface area contributed by atoms with Crippen molar-refractivity contribution in [2.24, 2.45) is 0 Å². The maximum atomic E-state index is 5.83. The lowest BCUT2D eigenvalue weighted by Gasteiger charge is -2.24. The van der Waals surface area contributed by atoms with E-state index in [-0.39, 0.29) is 6.10 Å². The Morgan fingerprint density at radius 3 is 3.10 bits per heavy atom. The number of morpholine rings is 1. The van der Waals surface area contributed by atoms with E-state index in [0.29, 0.717) is 0 Å². The SMILES string of the molecule is c1ccc2ncc(-n3cncc3C3CNCCO3)cc2c1. The first kappa shape index (κ1) is 12.5. The molecule has 1 aliphatic heterocycles. The fraction of sp³-hybridized carbons (Fsp3) is 0.250. The zero-order valence-corrected chi connectivity index (χ0v) is 11.6. The topological polar surface area (TPSA) is 52.0 Å². The van der Waals surface area contributed by atoms with Gasteiger partial charge in [0.05, 0.1) is 42.2 Å². The number of nitrogens with one attached hydrogen (secondary N) is 1. The number of aromatic nitrogens is 3. The maximum Gasteiger partial charge on any atom is 0.112 e. The van der Waals surface area contributed by atoms with Gasteiger partial charge in [-0.05, 0) is 12.1 Å². The number of imidazole rings is 1. The van der Waals surface area contributed by atoms with Gasteiger partial charge in [-0.3, -0.25) is 9.55 Å². The van der Waals surface area contributed by atoms with Gasteiger partial charge in [-0.15, -0.1) is 0 Å². The van der Waals surface area contributed by atoms with Gasteiger partial charge in [-0.25, -0.2) is 4.98 Å². The van der Waals surface area contributed by atoms with Gasteiger partial charge in [0.1, 0.15) is 6.10 Å². The summed E-state index contributed by atoms with van der Waals surface area (Å²) in [6.45, 7) is 2.45. The molecule has 1 saturated heterocycles. The summed E-state index contributed by atoms with van der Waals surface area (Å²) >= 11 is 0. The fourth-order valence-electron chi connectivity index (χ4n) is 2.71. The first-order chi connectivity index (χ1) is 10.4. The first-order valence-electron chi connectivity index (χ1n) is 7.11. The van der Waals surface area contributed by atoms with E-state index in [4.69, 9.17) is 4.74 Å². The average Bonchev–Trinajstić information content (AvgIpc) is 3.05. The number of hydrogen-bond donors (Lipinski definition) is 1. The van der Waals surface area contributed by atoms with Crippen LogP contribution in [0.3, 0.4) is 0 Å². The Morgan fingerprint density at radius 1 is 1.24 bits per heavy atom. The second kappa shape index (κ2) is 5.27. The minimum absolute atomic E-state index is 0.0349. The summed E-state index contributed by atoms with van der Waals surface area (Å²) in [6.07, 6.45) is 5.60. The molecule has 0 radical (unpaired) electrons. The summed E-state index contributed by atoms with van der Waals surface area (Å²) in [6, 6.07) is 10.2. The molecule has 1 fully saturated rings. The van der Waals surface area contributed by atoms with Gasteiger partial charge in [-0.2, -0.15) is 0 Å². The monoisotopic (exact) mass is 280 g/mol. The van der Waals surface area contributed by atoms with Crippen molar-refractivity contribution in [3.05, 3.63) is 54.7 Å². The lowest BCUT2D eigenvalue weighted by Crippen LogP contribution is -2.34. The van der Waals surface area contributed by atoms with E-state index in [2.05, 4.69) is 32.0 Å². The standard InChI is InChI=1S/C16H16N4O/c1-2-4-14-12(3-1)7-13(8-19-14)20-11-18-9-15(20)16-10-17-5-6-21-16/h1-4,7-9,11,16-17H,5-6,10H2. The van der Waals surface area contributed by atoms with Crippen molar-refractivity contribution in [1.82, 2.24) is 19.9 Å². The third kappa shape index (κ3) is 2.30. The largest absolute Gasteiger partial charge is 0.369 e. The highest BCUT2D eigenvalue weighted by molar-refractivity contribution is 5.80. The Bertz CT molecular complexity index is 762. The summed E-state index contributed by atoms with van der Waals surface area (Å²) in [4.78, 5) is 8.80. The van der Waals surface area contributed by atoms with Crippen molar-refractivity contribution in [3.8, 4) is 5.69 Å². The van der Waals surface area contributed by atoms with Crippen LogP contribution in [0.2, 0.25) is 0 Å². The van der Waals surface area contributed by atoms with Crippen molar-refractivity contribution >= 4 is 10.9 Å². The quantitative estimate of drug-likeness (QED) is 0.781. The second-order valence-electron chi connectivity index (χ2n) is 5.14. The van der Waals surface area contributed by atoms with E-state index in [0.717, 1.165) is 42.0 Å². The lowest BCUT2D eigenvalue weighted by molar-refractivity contribution is 0.0240. The molecule has 1 aromatic carbocycles. The molecule has 3 aromatic rings. The highest BCUT2D eigenvalue weighted by Crippen LogP contribution is 2.23. The molecule has 106 valence electrons. The molecule has 1 aliphatic rings. The molecule has 1 atom stereocenters. The molecule has 0 aliphatic carbocycles. The van der Waals surface area contributed by atoms with Crippen LogP contribution < -0.4 is 5.32 Å². The molecule has 4 rings (SSSR count). The van der Waals surface area contributed by atoms with Crippen LogP contribution in [0.4, 0.5) is 0 Å². The van der Waals surface area contributed by atoms with Crippen LogP contribution in [0.25, 0.3) is 16.6 Å². The second-order valence-corrected chi connectivity index (χ2v) is 5.14. The maximum absolute atomic E-state index is 5.83. The van der Waals surface area contributed by atoms with Crippen LogP contribution in [0.1, 0.15) is 11.8 Å². The fourth-order valence-corrected chi connectivity index (χ4v) is 2.71. The van der Waals surface area contributed by atoms with E-state index in [1.54, 1.807) is 0 Å². The van der Waals surface area contributed by atoms with Gasteiger partial charge in [0.2, 0.25) is 0 Å². The number of hydrogen-bond acceptors (Lipinski definition) is 4. The number of ether oxygens (including phenoxy) is 1. The Morgan fingerprint density at radius 2 is 2.19 bits per heavy atom. The summed E-state index contributed by atoms with van der Waals surface area (Å²) in [7, 11) is 0. The van der Waals surface area contributed by atoms with Gasteiger partial charge < -0.3 is 10.1 Å². The van der Waals surface area contributed by atoms with Gasteiger partial charge in [0.15, 0.2) is 0 Å². The van der Waals surface area contributed by atoms with Crippen LogP contribution in [-0.4, -0.2) is 34.2 Å². The molecule has 0 spiro atoms. The summed E-state index contributed by atoms with van der Waals surface area (Å²) in [5, 5.41) is 4.47. The van der Waals surface area contributed by atoms with Gasteiger partial charge >= 0.3 is 0 Å². The number of para-hydroxylation sites is 1. The van der Waals surface area contributed by atoms with E-state index in [1.807, 2.05) is 36.9 Å². The predicted molar refractivity (Wildman–Crippen MR) is 80.4 cm³/mol. The van der Waals surface area contributed by atoms with Crippen LogP contribution in [0, 0.1) is 0 Å². The highest BCUT2D eigenvalue weighted by Gasteiger charge is 2.20. The Kier molecular flexibility index (Phi) is 3.14. The Balaban J connectivity index is 1.76. The average molecular weight is 280 g/mol. The zero-order chi connectivity index (χ0) is 14.1. The molecular weight excluding hydrogens is 264 g/mol. The molecular formula is C16H16N4O. The third-order valence-electron chi connectivity index (χ3n) is 3.78. The smallest absolute Gasteiger partial charge is 0.112 e. The summed E-state index contributed by atoms with van der Waals surface area (Å²) in [5.41, 5.74) is 3.06. The van der Waals surface area contributed by atoms with Crippen molar-refractivity contribution < 1.29 is 4.74 Å². The van der Waals surface area contributed by atoms with Crippen LogP contribution in [0.15, 0.2) is 49.1 Å². The number of pyridine rings is 1. The van der Waals surface area contributed by atoms with Crippen molar-refractivity contribution in [2.75, 3.05) is 19.7 Å². The van der Waals surface area contributed by atoms with Crippen molar-refractivity contribution in [2.45, 2.75) is 6.10 Å². The Labute approximate surface area is 122 Å². The summed E-state index contributed by atoms with van der Waals surface area (Å²) in [5.74, 6) is 0. The van der Waals surface area contributed by atoms with Crippen LogP contribution in [-0.2, 0) is 4.74 Å². The molecule has 21 heavy (non-hydrogen) atoms. The Hall–Kier alpha value is -2.24. The minimum atomic E-state index is 0.0349. The third-order valence-corrected chi connectivity index (χ3v) is 3.78. The molecule has 1 N–H and O–H groups in total. The first-order valence-corrected chi connectivity index (χ1v) is 7.11. The predicted octanol–water partition coefficient (Wildman–Crippen LogP) is 2.08. The van der Waals surface area contributed by atoms with Gasteiger partial charge in [-0.1, -0.05) is 18.2 Å². The summed E-state index contributed by atoms with van der Waals surface area (Å²) < 4.78 is 7.88. The molecule has 0 bridgehead atoms. The van der Waals surface area contributed by atoms with Crippen LogP contribution >= 0.6 is 0 Å². The van der Waals surface area contributed by atoms with Gasteiger partial charge in [0, 0.05) is 18.5 Å². The molecule has 3 heterocycles. The van der Waals surface area contributed by atoms with Crippen molar-refractivity contribution in [1.29, 1.82) is 0 Å².